The summed E-state index contributed by atoms with van der Waals surface area (Å²) in [4.78, 5) is 22.9. The molecule has 3 amide bonds. The van der Waals surface area contributed by atoms with Crippen LogP contribution in [0.3, 0.4) is 0 Å². The number of rotatable bonds is 4. The molecule has 0 fully saturated rings. The zero-order valence-corrected chi connectivity index (χ0v) is 11.2. The predicted octanol–water partition coefficient (Wildman–Crippen LogP) is 0.782. The Morgan fingerprint density at radius 2 is 1.53 bits per heavy atom. The first-order valence-electron chi connectivity index (χ1n) is 5.40. The third kappa shape index (κ3) is 3.27. The van der Waals surface area contributed by atoms with Gasteiger partial charge in [-0.05, 0) is 12.1 Å². The van der Waals surface area contributed by atoms with Gasteiger partial charge in [0.05, 0.1) is 21.3 Å². The molecule has 0 aromatic heterocycles. The van der Waals surface area contributed by atoms with Crippen LogP contribution in [0.5, 0.6) is 17.2 Å². The van der Waals surface area contributed by atoms with Crippen LogP contribution in [0.4, 0.5) is 4.79 Å². The molecule has 19 heavy (non-hydrogen) atoms. The molecule has 7 heteroatoms. The number of amides is 3. The number of urea groups is 1. The maximum absolute atomic E-state index is 11.8. The Bertz CT molecular complexity index is 462. The summed E-state index contributed by atoms with van der Waals surface area (Å²) in [5.74, 6) is 0.480. The first-order chi connectivity index (χ1) is 9.07. The normalized spacial score (nSPS) is 9.47. The maximum atomic E-state index is 11.8. The smallest absolute Gasteiger partial charge is 0.321 e. The van der Waals surface area contributed by atoms with E-state index in [0.29, 0.717) is 17.2 Å². The third-order valence-corrected chi connectivity index (χ3v) is 2.38. The van der Waals surface area contributed by atoms with Gasteiger partial charge >= 0.3 is 6.03 Å². The highest BCUT2D eigenvalue weighted by Crippen LogP contribution is 2.38. The SMILES string of the molecule is CNC(=O)NC(=O)c1cc(OC)c(OC)c(OC)c1. The molecule has 0 heterocycles. The van der Waals surface area contributed by atoms with Crippen molar-refractivity contribution in [3.8, 4) is 17.2 Å². The van der Waals surface area contributed by atoms with Crippen LogP contribution in [0.2, 0.25) is 0 Å². The molecule has 0 unspecified atom stereocenters. The van der Waals surface area contributed by atoms with Gasteiger partial charge in [-0.1, -0.05) is 0 Å². The van der Waals surface area contributed by atoms with Gasteiger partial charge in [-0.15, -0.1) is 0 Å². The minimum absolute atomic E-state index is 0.220. The topological polar surface area (TPSA) is 85.9 Å². The van der Waals surface area contributed by atoms with Gasteiger partial charge in [0, 0.05) is 12.6 Å². The molecule has 0 aliphatic carbocycles. The Morgan fingerprint density at radius 1 is 1.00 bits per heavy atom. The summed E-state index contributed by atoms with van der Waals surface area (Å²) in [7, 11) is 5.76. The zero-order chi connectivity index (χ0) is 14.4. The van der Waals surface area contributed by atoms with Crippen molar-refractivity contribution in [2.24, 2.45) is 0 Å². The molecule has 1 aromatic rings. The lowest BCUT2D eigenvalue weighted by molar-refractivity contribution is 0.0963. The van der Waals surface area contributed by atoms with E-state index in [0.717, 1.165) is 0 Å². The highest BCUT2D eigenvalue weighted by Gasteiger charge is 2.17. The molecule has 2 N–H and O–H groups in total. The number of nitrogens with one attached hydrogen (secondary N) is 2. The van der Waals surface area contributed by atoms with E-state index < -0.39 is 11.9 Å². The summed E-state index contributed by atoms with van der Waals surface area (Å²) in [6, 6.07) is 2.32. The molecule has 7 nitrogen and oxygen atoms in total. The van der Waals surface area contributed by atoms with E-state index in [-0.39, 0.29) is 5.56 Å². The average Bonchev–Trinajstić information content (AvgIpc) is 2.44. The van der Waals surface area contributed by atoms with Crippen molar-refractivity contribution >= 4 is 11.9 Å². The first kappa shape index (κ1) is 14.6. The van der Waals surface area contributed by atoms with E-state index in [1.165, 1.54) is 40.5 Å². The van der Waals surface area contributed by atoms with Crippen LogP contribution in [0.25, 0.3) is 0 Å². The van der Waals surface area contributed by atoms with Crippen molar-refractivity contribution in [3.05, 3.63) is 17.7 Å². The van der Waals surface area contributed by atoms with Crippen LogP contribution in [0.15, 0.2) is 12.1 Å². The van der Waals surface area contributed by atoms with Crippen LogP contribution in [-0.2, 0) is 0 Å². The highest BCUT2D eigenvalue weighted by molar-refractivity contribution is 6.04. The molecule has 1 rings (SSSR count). The minimum Gasteiger partial charge on any atom is -0.493 e. The Morgan fingerprint density at radius 3 is 1.89 bits per heavy atom. The van der Waals surface area contributed by atoms with Crippen molar-refractivity contribution in [1.82, 2.24) is 10.6 Å². The molecule has 0 aliphatic rings. The summed E-state index contributed by atoms with van der Waals surface area (Å²) in [5.41, 5.74) is 0.220. The molecule has 0 bridgehead atoms. The van der Waals surface area contributed by atoms with Gasteiger partial charge in [0.25, 0.3) is 5.91 Å². The van der Waals surface area contributed by atoms with Gasteiger partial charge < -0.3 is 19.5 Å². The fourth-order valence-corrected chi connectivity index (χ4v) is 1.45. The predicted molar refractivity (Wildman–Crippen MR) is 68.0 cm³/mol. The number of ether oxygens (including phenoxy) is 3. The lowest BCUT2D eigenvalue weighted by atomic mass is 10.1. The standard InChI is InChI=1S/C12H16N2O5/c1-13-12(16)14-11(15)7-5-8(17-2)10(19-4)9(6-7)18-3/h5-6H,1-4H3,(H2,13,14,15,16). The number of carbonyl (C=O) groups excluding carboxylic acids is 2. The first-order valence-corrected chi connectivity index (χ1v) is 5.40. The lowest BCUT2D eigenvalue weighted by Gasteiger charge is -2.13. The van der Waals surface area contributed by atoms with Crippen LogP contribution in [0, 0.1) is 0 Å². The molecular weight excluding hydrogens is 252 g/mol. The van der Waals surface area contributed by atoms with Crippen molar-refractivity contribution in [2.45, 2.75) is 0 Å². The van der Waals surface area contributed by atoms with Crippen molar-refractivity contribution < 1.29 is 23.8 Å². The van der Waals surface area contributed by atoms with E-state index in [4.69, 9.17) is 14.2 Å². The second kappa shape index (κ2) is 6.48. The molecule has 104 valence electrons. The third-order valence-electron chi connectivity index (χ3n) is 2.38. The number of methoxy groups -OCH3 is 3. The quantitative estimate of drug-likeness (QED) is 0.842. The lowest BCUT2D eigenvalue weighted by Crippen LogP contribution is -2.37. The summed E-state index contributed by atoms with van der Waals surface area (Å²) in [6.45, 7) is 0. The molecule has 0 saturated heterocycles. The Hall–Kier alpha value is -2.44. The molecule has 0 spiro atoms. The molecule has 0 saturated carbocycles. The van der Waals surface area contributed by atoms with Crippen molar-refractivity contribution in [2.75, 3.05) is 28.4 Å². The maximum Gasteiger partial charge on any atom is 0.321 e. The van der Waals surface area contributed by atoms with Gasteiger partial charge in [-0.2, -0.15) is 0 Å². The summed E-state index contributed by atoms with van der Waals surface area (Å²) >= 11 is 0. The number of imide groups is 1. The van der Waals surface area contributed by atoms with Crippen LogP contribution < -0.4 is 24.8 Å². The number of carbonyl (C=O) groups is 2. The second-order valence-corrected chi connectivity index (χ2v) is 3.45. The summed E-state index contributed by atoms with van der Waals surface area (Å²) in [6.07, 6.45) is 0. The van der Waals surface area contributed by atoms with E-state index in [1.54, 1.807) is 0 Å². The summed E-state index contributed by atoms with van der Waals surface area (Å²) in [5, 5.41) is 4.43. The fourth-order valence-electron chi connectivity index (χ4n) is 1.45. The highest BCUT2D eigenvalue weighted by atomic mass is 16.5. The Balaban J connectivity index is 3.15. The second-order valence-electron chi connectivity index (χ2n) is 3.45. The van der Waals surface area contributed by atoms with Gasteiger partial charge in [0.1, 0.15) is 0 Å². The van der Waals surface area contributed by atoms with Crippen LogP contribution >= 0.6 is 0 Å². The summed E-state index contributed by atoms with van der Waals surface area (Å²) < 4.78 is 15.4. The molecule has 0 atom stereocenters. The number of benzene rings is 1. The van der Waals surface area contributed by atoms with Gasteiger partial charge in [0.15, 0.2) is 11.5 Å². The van der Waals surface area contributed by atoms with E-state index in [2.05, 4.69) is 10.6 Å². The molecular formula is C12H16N2O5. The molecule has 0 radical (unpaired) electrons. The number of hydrogen-bond acceptors (Lipinski definition) is 5. The average molecular weight is 268 g/mol. The Labute approximate surface area is 110 Å². The Kier molecular flexibility index (Phi) is 4.99. The van der Waals surface area contributed by atoms with Gasteiger partial charge in [0.2, 0.25) is 5.75 Å². The van der Waals surface area contributed by atoms with Crippen LogP contribution in [-0.4, -0.2) is 40.3 Å². The monoisotopic (exact) mass is 268 g/mol. The van der Waals surface area contributed by atoms with Gasteiger partial charge in [-0.3, -0.25) is 10.1 Å². The largest absolute Gasteiger partial charge is 0.493 e. The van der Waals surface area contributed by atoms with Crippen LogP contribution in [0.1, 0.15) is 10.4 Å². The van der Waals surface area contributed by atoms with Gasteiger partial charge in [-0.25, -0.2) is 4.79 Å². The molecule has 0 aliphatic heterocycles. The molecule has 1 aromatic carbocycles. The minimum atomic E-state index is -0.598. The van der Waals surface area contributed by atoms with Crippen molar-refractivity contribution in [1.29, 1.82) is 0 Å². The van der Waals surface area contributed by atoms with E-state index >= 15 is 0 Å². The van der Waals surface area contributed by atoms with E-state index in [1.807, 2.05) is 0 Å². The van der Waals surface area contributed by atoms with E-state index in [9.17, 15) is 9.59 Å². The fraction of sp³-hybridized carbons (Fsp3) is 0.333. The van der Waals surface area contributed by atoms with Crippen molar-refractivity contribution in [3.63, 3.8) is 0 Å². The number of hydrogen-bond donors (Lipinski definition) is 2. The zero-order valence-electron chi connectivity index (χ0n) is 11.2.